The molecule has 0 fully saturated rings. The third-order valence-electron chi connectivity index (χ3n) is 2.51. The number of nitrogens with two attached hydrogens (primary N) is 1. The smallest absolute Gasteiger partial charge is 0.145 e. The van der Waals surface area contributed by atoms with Crippen molar-refractivity contribution in [2.24, 2.45) is 5.73 Å². The summed E-state index contributed by atoms with van der Waals surface area (Å²) in [6.45, 7) is 4.79. The van der Waals surface area contributed by atoms with Gasteiger partial charge in [-0.15, -0.1) is 0 Å². The molecule has 4 nitrogen and oxygen atoms in total. The highest BCUT2D eigenvalue weighted by molar-refractivity contribution is 5.44. The van der Waals surface area contributed by atoms with Crippen LogP contribution in [0.15, 0.2) is 6.20 Å². The molecule has 0 atom stereocenters. The fourth-order valence-electron chi connectivity index (χ4n) is 1.49. The maximum absolute atomic E-state index is 9.76. The lowest BCUT2D eigenvalue weighted by molar-refractivity contribution is 0.299. The second-order valence-corrected chi connectivity index (χ2v) is 3.79. The normalized spacial score (nSPS) is 10.4. The van der Waals surface area contributed by atoms with E-state index in [9.17, 15) is 5.11 Å². The largest absolute Gasteiger partial charge is 0.506 e. The molecule has 0 saturated carbocycles. The summed E-state index contributed by atoms with van der Waals surface area (Å²) in [4.78, 5) is 4.06. The van der Waals surface area contributed by atoms with E-state index in [-0.39, 0.29) is 12.3 Å². The molecule has 3 N–H and O–H groups in total. The lowest BCUT2D eigenvalue weighted by Gasteiger charge is -2.12. The fourth-order valence-corrected chi connectivity index (χ4v) is 1.49. The Kier molecular flexibility index (Phi) is 5.05. The molecule has 1 aromatic heterocycles. The quantitative estimate of drug-likeness (QED) is 0.726. The minimum atomic E-state index is 0.149. The summed E-state index contributed by atoms with van der Waals surface area (Å²) in [5.74, 6) is 0.747. The van der Waals surface area contributed by atoms with E-state index in [1.165, 1.54) is 0 Å². The summed E-state index contributed by atoms with van der Waals surface area (Å²) >= 11 is 0. The van der Waals surface area contributed by atoms with E-state index in [0.717, 1.165) is 19.3 Å². The van der Waals surface area contributed by atoms with Gasteiger partial charge in [0.05, 0.1) is 24.1 Å². The molecule has 0 saturated heterocycles. The predicted molar refractivity (Wildman–Crippen MR) is 63.6 cm³/mol. The number of nitrogens with zero attached hydrogens (tertiary/aromatic N) is 1. The average Bonchev–Trinajstić information content (AvgIpc) is 2.29. The van der Waals surface area contributed by atoms with Gasteiger partial charge in [0, 0.05) is 6.54 Å². The van der Waals surface area contributed by atoms with Crippen molar-refractivity contribution >= 4 is 0 Å². The minimum Gasteiger partial charge on any atom is -0.506 e. The number of ether oxygens (including phenoxy) is 1. The number of aromatic nitrogens is 1. The summed E-state index contributed by atoms with van der Waals surface area (Å²) in [5.41, 5.74) is 6.81. The Labute approximate surface area is 96.5 Å². The number of hydrogen-bond acceptors (Lipinski definition) is 4. The molecule has 0 spiro atoms. The van der Waals surface area contributed by atoms with Crippen LogP contribution in [0.25, 0.3) is 0 Å². The van der Waals surface area contributed by atoms with Gasteiger partial charge in [0.15, 0.2) is 0 Å². The van der Waals surface area contributed by atoms with E-state index in [1.54, 1.807) is 13.1 Å². The van der Waals surface area contributed by atoms with Gasteiger partial charge in [0.2, 0.25) is 0 Å². The molecule has 0 radical (unpaired) electrons. The Morgan fingerprint density at radius 1 is 1.44 bits per heavy atom. The fraction of sp³-hybridized carbons (Fsp3) is 0.583. The number of rotatable bonds is 6. The molecule has 0 bridgehead atoms. The van der Waals surface area contributed by atoms with Crippen LogP contribution in [0.1, 0.15) is 37.4 Å². The maximum Gasteiger partial charge on any atom is 0.145 e. The van der Waals surface area contributed by atoms with Gasteiger partial charge < -0.3 is 15.6 Å². The molecule has 16 heavy (non-hydrogen) atoms. The molecular formula is C12H20N2O2. The first-order valence-electron chi connectivity index (χ1n) is 5.71. The highest BCUT2D eigenvalue weighted by Crippen LogP contribution is 2.28. The van der Waals surface area contributed by atoms with Crippen LogP contribution in [0, 0.1) is 6.92 Å². The lowest BCUT2D eigenvalue weighted by atomic mass is 10.2. The molecule has 0 aliphatic carbocycles. The van der Waals surface area contributed by atoms with E-state index in [4.69, 9.17) is 10.5 Å². The monoisotopic (exact) mass is 224 g/mol. The molecule has 1 rings (SSSR count). The molecule has 0 aliphatic heterocycles. The summed E-state index contributed by atoms with van der Waals surface area (Å²) in [6, 6.07) is 0. The lowest BCUT2D eigenvalue weighted by Crippen LogP contribution is -2.05. The van der Waals surface area contributed by atoms with Crippen molar-refractivity contribution in [2.45, 2.75) is 39.7 Å². The van der Waals surface area contributed by atoms with E-state index >= 15 is 0 Å². The molecule has 1 heterocycles. The van der Waals surface area contributed by atoms with Crippen molar-refractivity contribution in [1.29, 1.82) is 0 Å². The van der Waals surface area contributed by atoms with Crippen LogP contribution >= 0.6 is 0 Å². The highest BCUT2D eigenvalue weighted by Gasteiger charge is 2.11. The Balaban J connectivity index is 2.68. The standard InChI is InChI=1S/C12H20N2O2/c1-3-4-5-6-16-11-8-14-9(2)12(15)10(11)7-13/h8,15H,3-7,13H2,1-2H3. The summed E-state index contributed by atoms with van der Waals surface area (Å²) < 4.78 is 5.56. The first-order chi connectivity index (χ1) is 7.70. The van der Waals surface area contributed by atoms with Crippen LogP contribution in [0.2, 0.25) is 0 Å². The molecule has 0 aromatic carbocycles. The molecule has 4 heteroatoms. The van der Waals surface area contributed by atoms with Gasteiger partial charge in [-0.2, -0.15) is 0 Å². The topological polar surface area (TPSA) is 68.4 Å². The van der Waals surface area contributed by atoms with Crippen molar-refractivity contribution in [3.8, 4) is 11.5 Å². The van der Waals surface area contributed by atoms with Crippen LogP contribution in [-0.2, 0) is 6.54 Å². The van der Waals surface area contributed by atoms with Crippen LogP contribution in [0.4, 0.5) is 0 Å². The van der Waals surface area contributed by atoms with Crippen molar-refractivity contribution < 1.29 is 9.84 Å². The molecule has 90 valence electrons. The zero-order valence-corrected chi connectivity index (χ0v) is 9.99. The summed E-state index contributed by atoms with van der Waals surface area (Å²) in [7, 11) is 0. The highest BCUT2D eigenvalue weighted by atomic mass is 16.5. The Hall–Kier alpha value is -1.29. The molecule has 0 aliphatic rings. The van der Waals surface area contributed by atoms with E-state index in [1.807, 2.05) is 0 Å². The third-order valence-corrected chi connectivity index (χ3v) is 2.51. The number of unbranched alkanes of at least 4 members (excludes halogenated alkanes) is 2. The van der Waals surface area contributed by atoms with Gasteiger partial charge in [-0.1, -0.05) is 19.8 Å². The van der Waals surface area contributed by atoms with Crippen molar-refractivity contribution in [1.82, 2.24) is 4.98 Å². The van der Waals surface area contributed by atoms with Crippen molar-refractivity contribution in [2.75, 3.05) is 6.61 Å². The first-order valence-corrected chi connectivity index (χ1v) is 5.71. The zero-order valence-electron chi connectivity index (χ0n) is 9.99. The van der Waals surface area contributed by atoms with Gasteiger partial charge in [-0.05, 0) is 13.3 Å². The molecule has 0 amide bonds. The number of pyridine rings is 1. The van der Waals surface area contributed by atoms with E-state index in [2.05, 4.69) is 11.9 Å². The van der Waals surface area contributed by atoms with Crippen molar-refractivity contribution in [3.05, 3.63) is 17.5 Å². The first kappa shape index (κ1) is 12.8. The summed E-state index contributed by atoms with van der Waals surface area (Å²) in [6.07, 6.45) is 4.94. The third kappa shape index (κ3) is 3.10. The number of aromatic hydroxyl groups is 1. The van der Waals surface area contributed by atoms with Gasteiger partial charge in [-0.3, -0.25) is 4.98 Å². The Morgan fingerprint density at radius 2 is 2.19 bits per heavy atom. The average molecular weight is 224 g/mol. The molecular weight excluding hydrogens is 204 g/mol. The second-order valence-electron chi connectivity index (χ2n) is 3.79. The minimum absolute atomic E-state index is 0.149. The van der Waals surface area contributed by atoms with Crippen LogP contribution in [-0.4, -0.2) is 16.7 Å². The van der Waals surface area contributed by atoms with Gasteiger partial charge in [-0.25, -0.2) is 0 Å². The van der Waals surface area contributed by atoms with E-state index in [0.29, 0.717) is 23.6 Å². The van der Waals surface area contributed by atoms with Crippen LogP contribution in [0.5, 0.6) is 11.5 Å². The van der Waals surface area contributed by atoms with Gasteiger partial charge >= 0.3 is 0 Å². The second kappa shape index (κ2) is 6.33. The van der Waals surface area contributed by atoms with Crippen molar-refractivity contribution in [3.63, 3.8) is 0 Å². The zero-order chi connectivity index (χ0) is 12.0. The predicted octanol–water partition coefficient (Wildman–Crippen LogP) is 2.12. The molecule has 1 aromatic rings. The van der Waals surface area contributed by atoms with Gasteiger partial charge in [0.1, 0.15) is 11.5 Å². The Bertz CT molecular complexity index is 340. The Morgan fingerprint density at radius 3 is 2.81 bits per heavy atom. The van der Waals surface area contributed by atoms with Crippen LogP contribution in [0.3, 0.4) is 0 Å². The maximum atomic E-state index is 9.76. The SMILES string of the molecule is CCCCCOc1cnc(C)c(O)c1CN. The van der Waals surface area contributed by atoms with Gasteiger partial charge in [0.25, 0.3) is 0 Å². The number of aryl methyl sites for hydroxylation is 1. The number of hydrogen-bond donors (Lipinski definition) is 2. The molecule has 0 unspecified atom stereocenters. The summed E-state index contributed by atoms with van der Waals surface area (Å²) in [5, 5.41) is 9.76. The van der Waals surface area contributed by atoms with E-state index < -0.39 is 0 Å². The van der Waals surface area contributed by atoms with Crippen LogP contribution < -0.4 is 10.5 Å².